The maximum absolute atomic E-state index is 13.3. The summed E-state index contributed by atoms with van der Waals surface area (Å²) in [6.07, 6.45) is 12.3. The first-order valence-electron chi connectivity index (χ1n) is 8.20. The molecule has 1 N–H and O–H groups in total. The van der Waals surface area contributed by atoms with Crippen molar-refractivity contribution in [3.8, 4) is 0 Å². The van der Waals surface area contributed by atoms with Crippen molar-refractivity contribution >= 4 is 10.9 Å². The van der Waals surface area contributed by atoms with Crippen LogP contribution in [-0.4, -0.2) is 23.0 Å². The molecule has 1 aromatic carbocycles. The number of hydrogen-bond acceptors (Lipinski definition) is 1. The van der Waals surface area contributed by atoms with E-state index in [-0.39, 0.29) is 5.82 Å². The van der Waals surface area contributed by atoms with Gasteiger partial charge in [0.25, 0.3) is 0 Å². The Morgan fingerprint density at radius 3 is 2.83 bits per heavy atom. The number of likely N-dealkylation sites (tertiary alicyclic amines) is 1. The van der Waals surface area contributed by atoms with Crippen LogP contribution in [-0.2, 0) is 0 Å². The molecular formula is C20H23FN2. The highest BCUT2D eigenvalue weighted by molar-refractivity contribution is 5.83. The second kappa shape index (κ2) is 6.86. The SMILES string of the molecule is C=C/C=C\C(=C/C)N1CCC(c2c[nH]c3cc(F)ccc23)CC1. The number of hydrogen-bond donors (Lipinski definition) is 1. The van der Waals surface area contributed by atoms with Crippen molar-refractivity contribution in [1.82, 2.24) is 9.88 Å². The smallest absolute Gasteiger partial charge is 0.125 e. The number of H-pyrrole nitrogens is 1. The summed E-state index contributed by atoms with van der Waals surface area (Å²) in [7, 11) is 0. The number of halogens is 1. The summed E-state index contributed by atoms with van der Waals surface area (Å²) in [6.45, 7) is 7.89. The van der Waals surface area contributed by atoms with Gasteiger partial charge in [-0.15, -0.1) is 0 Å². The van der Waals surface area contributed by atoms with Gasteiger partial charge >= 0.3 is 0 Å². The van der Waals surface area contributed by atoms with E-state index in [1.807, 2.05) is 12.1 Å². The molecule has 1 saturated heterocycles. The fraction of sp³-hybridized carbons (Fsp3) is 0.300. The molecule has 1 aliphatic rings. The highest BCUT2D eigenvalue weighted by Gasteiger charge is 2.23. The number of aromatic amines is 1. The third kappa shape index (κ3) is 3.24. The van der Waals surface area contributed by atoms with Crippen LogP contribution in [0.2, 0.25) is 0 Å². The van der Waals surface area contributed by atoms with Gasteiger partial charge in [0.2, 0.25) is 0 Å². The number of nitrogens with one attached hydrogen (secondary N) is 1. The molecule has 1 fully saturated rings. The molecule has 3 heteroatoms. The molecule has 0 bridgehead atoms. The zero-order valence-corrected chi connectivity index (χ0v) is 13.6. The molecule has 120 valence electrons. The van der Waals surface area contributed by atoms with E-state index in [1.54, 1.807) is 18.2 Å². The first kappa shape index (κ1) is 15.6. The molecule has 1 aromatic heterocycles. The minimum atomic E-state index is -0.188. The van der Waals surface area contributed by atoms with Crippen molar-refractivity contribution in [2.24, 2.45) is 0 Å². The van der Waals surface area contributed by atoms with Crippen LogP contribution in [0.1, 0.15) is 31.2 Å². The largest absolute Gasteiger partial charge is 0.372 e. The lowest BCUT2D eigenvalue weighted by molar-refractivity contribution is 0.270. The summed E-state index contributed by atoms with van der Waals surface area (Å²) in [5, 5.41) is 1.16. The van der Waals surface area contributed by atoms with Gasteiger partial charge in [-0.05, 0) is 55.5 Å². The van der Waals surface area contributed by atoms with Gasteiger partial charge in [-0.25, -0.2) is 4.39 Å². The lowest BCUT2D eigenvalue weighted by Gasteiger charge is -2.34. The number of aromatic nitrogens is 1. The van der Waals surface area contributed by atoms with Crippen LogP contribution in [0.5, 0.6) is 0 Å². The van der Waals surface area contributed by atoms with Gasteiger partial charge in [-0.3, -0.25) is 0 Å². The first-order valence-corrected chi connectivity index (χ1v) is 8.20. The van der Waals surface area contributed by atoms with Gasteiger partial charge in [0.1, 0.15) is 5.82 Å². The minimum Gasteiger partial charge on any atom is -0.372 e. The van der Waals surface area contributed by atoms with Crippen LogP contribution >= 0.6 is 0 Å². The number of nitrogens with zero attached hydrogens (tertiary/aromatic N) is 1. The van der Waals surface area contributed by atoms with E-state index in [2.05, 4.69) is 41.7 Å². The van der Waals surface area contributed by atoms with Crippen LogP contribution in [0.4, 0.5) is 4.39 Å². The van der Waals surface area contributed by atoms with Crippen molar-refractivity contribution in [3.05, 3.63) is 72.4 Å². The number of allylic oxidation sites excluding steroid dienone is 4. The van der Waals surface area contributed by atoms with Crippen LogP contribution in [0.3, 0.4) is 0 Å². The lowest BCUT2D eigenvalue weighted by Crippen LogP contribution is -2.31. The summed E-state index contributed by atoms with van der Waals surface area (Å²) >= 11 is 0. The zero-order chi connectivity index (χ0) is 16.2. The predicted molar refractivity (Wildman–Crippen MR) is 94.9 cm³/mol. The Balaban J connectivity index is 1.73. The Bertz CT molecular complexity index is 746. The molecule has 0 aliphatic carbocycles. The molecule has 0 saturated carbocycles. The number of rotatable bonds is 4. The summed E-state index contributed by atoms with van der Waals surface area (Å²) in [6, 6.07) is 5.02. The van der Waals surface area contributed by atoms with Gasteiger partial charge in [-0.1, -0.05) is 24.8 Å². The van der Waals surface area contributed by atoms with Crippen LogP contribution in [0.25, 0.3) is 10.9 Å². The van der Waals surface area contributed by atoms with Crippen LogP contribution in [0.15, 0.2) is 61.0 Å². The molecule has 2 nitrogen and oxygen atoms in total. The third-order valence-corrected chi connectivity index (χ3v) is 4.67. The number of benzene rings is 1. The quantitative estimate of drug-likeness (QED) is 0.775. The van der Waals surface area contributed by atoms with E-state index in [1.165, 1.54) is 11.3 Å². The van der Waals surface area contributed by atoms with E-state index in [9.17, 15) is 4.39 Å². The van der Waals surface area contributed by atoms with E-state index >= 15 is 0 Å². The molecular weight excluding hydrogens is 287 g/mol. The topological polar surface area (TPSA) is 19.0 Å². The highest BCUT2D eigenvalue weighted by atomic mass is 19.1. The Morgan fingerprint density at radius 2 is 2.13 bits per heavy atom. The van der Waals surface area contributed by atoms with Crippen molar-refractivity contribution in [2.75, 3.05) is 13.1 Å². The molecule has 0 amide bonds. The number of piperidine rings is 1. The summed E-state index contributed by atoms with van der Waals surface area (Å²) in [5.74, 6) is 0.347. The fourth-order valence-corrected chi connectivity index (χ4v) is 3.46. The van der Waals surface area contributed by atoms with Gasteiger partial charge in [0.15, 0.2) is 0 Å². The molecule has 1 aliphatic heterocycles. The molecule has 2 heterocycles. The van der Waals surface area contributed by atoms with Gasteiger partial charge in [-0.2, -0.15) is 0 Å². The molecule has 2 aromatic rings. The Hall–Kier alpha value is -2.29. The highest BCUT2D eigenvalue weighted by Crippen LogP contribution is 2.34. The second-order valence-corrected chi connectivity index (χ2v) is 6.00. The summed E-state index contributed by atoms with van der Waals surface area (Å²) in [4.78, 5) is 5.63. The molecule has 3 rings (SSSR count). The monoisotopic (exact) mass is 310 g/mol. The van der Waals surface area contributed by atoms with E-state index in [4.69, 9.17) is 0 Å². The molecule has 0 radical (unpaired) electrons. The van der Waals surface area contributed by atoms with Crippen LogP contribution < -0.4 is 0 Å². The predicted octanol–water partition coefficient (Wildman–Crippen LogP) is 5.13. The molecule has 0 spiro atoms. The third-order valence-electron chi connectivity index (χ3n) is 4.67. The van der Waals surface area contributed by atoms with E-state index < -0.39 is 0 Å². The van der Waals surface area contributed by atoms with E-state index in [0.717, 1.165) is 36.8 Å². The van der Waals surface area contributed by atoms with Crippen molar-refractivity contribution in [3.63, 3.8) is 0 Å². The summed E-state index contributed by atoms with van der Waals surface area (Å²) in [5.41, 5.74) is 3.47. The standard InChI is InChI=1S/C20H23FN2/c1-3-5-6-17(4-2)23-11-9-15(10-12-23)19-14-22-20-13-16(21)7-8-18(19)20/h3-8,13-15,22H,1,9-12H2,2H3/b6-5-,17-4+. The van der Waals surface area contributed by atoms with Crippen LogP contribution in [0, 0.1) is 5.82 Å². The van der Waals surface area contributed by atoms with Gasteiger partial charge in [0, 0.05) is 35.9 Å². The van der Waals surface area contributed by atoms with Gasteiger partial charge in [0.05, 0.1) is 0 Å². The Labute approximate surface area is 137 Å². The number of fused-ring (bicyclic) bond motifs is 1. The normalized spacial score (nSPS) is 17.3. The van der Waals surface area contributed by atoms with Gasteiger partial charge < -0.3 is 9.88 Å². The molecule has 0 unspecified atom stereocenters. The minimum absolute atomic E-state index is 0.188. The lowest BCUT2D eigenvalue weighted by atomic mass is 9.89. The van der Waals surface area contributed by atoms with E-state index in [0.29, 0.717) is 5.92 Å². The fourth-order valence-electron chi connectivity index (χ4n) is 3.46. The maximum atomic E-state index is 13.3. The summed E-state index contributed by atoms with van der Waals surface area (Å²) < 4.78 is 13.3. The van der Waals surface area contributed by atoms with Crippen molar-refractivity contribution in [1.29, 1.82) is 0 Å². The maximum Gasteiger partial charge on any atom is 0.125 e. The molecule has 0 atom stereocenters. The first-order chi connectivity index (χ1) is 11.2. The van der Waals surface area contributed by atoms with Crippen molar-refractivity contribution < 1.29 is 4.39 Å². The second-order valence-electron chi connectivity index (χ2n) is 6.00. The Kier molecular flexibility index (Phi) is 4.65. The Morgan fingerprint density at radius 1 is 1.35 bits per heavy atom. The molecule has 23 heavy (non-hydrogen) atoms. The average Bonchev–Trinajstić information content (AvgIpc) is 2.99. The van der Waals surface area contributed by atoms with Crippen molar-refractivity contribution in [2.45, 2.75) is 25.7 Å². The average molecular weight is 310 g/mol. The zero-order valence-electron chi connectivity index (χ0n) is 13.6.